The van der Waals surface area contributed by atoms with Crippen molar-refractivity contribution in [3.63, 3.8) is 0 Å². The molecule has 41 heavy (non-hydrogen) atoms. The molecule has 228 valence electrons. The number of anilines is 2. The first-order valence-electron chi connectivity index (χ1n) is 10.5. The summed E-state index contributed by atoms with van der Waals surface area (Å²) >= 11 is 0. The van der Waals surface area contributed by atoms with Crippen LogP contribution in [-0.4, -0.2) is 50.1 Å². The van der Waals surface area contributed by atoms with Gasteiger partial charge in [-0.3, -0.25) is 19.2 Å². The number of carbonyl (C=O) groups is 4. The first-order valence-corrected chi connectivity index (χ1v) is 13.3. The molecule has 0 aliphatic heterocycles. The van der Waals surface area contributed by atoms with Gasteiger partial charge in [0.1, 0.15) is 11.6 Å². The number of rotatable bonds is 8. The second-order valence-corrected chi connectivity index (χ2v) is 9.63. The van der Waals surface area contributed by atoms with Gasteiger partial charge in [0.25, 0.3) is 0 Å². The summed E-state index contributed by atoms with van der Waals surface area (Å²) in [7, 11) is 8.55. The fourth-order valence-electron chi connectivity index (χ4n) is 2.22. The predicted octanol–water partition coefficient (Wildman–Crippen LogP) is 4.94. The van der Waals surface area contributed by atoms with Gasteiger partial charge >= 0.3 is 24.3 Å². The zero-order valence-electron chi connectivity index (χ0n) is 20.5. The number of carboxylic acids is 1. The number of aliphatic carboxylic acids is 1. The van der Waals surface area contributed by atoms with Crippen LogP contribution in [0.1, 0.15) is 36.8 Å². The van der Waals surface area contributed by atoms with E-state index >= 15 is 0 Å². The third kappa shape index (κ3) is 18.5. The van der Waals surface area contributed by atoms with E-state index in [1.807, 2.05) is 0 Å². The van der Waals surface area contributed by atoms with Crippen LogP contribution < -0.4 is 10.6 Å². The maximum atomic E-state index is 12.3. The van der Waals surface area contributed by atoms with Crippen molar-refractivity contribution in [2.45, 2.75) is 38.0 Å². The van der Waals surface area contributed by atoms with E-state index in [0.29, 0.717) is 12.4 Å². The van der Waals surface area contributed by atoms with Crippen molar-refractivity contribution < 1.29 is 59.6 Å². The molecule has 2 aromatic heterocycles. The van der Waals surface area contributed by atoms with Crippen molar-refractivity contribution in [3.8, 4) is 0 Å². The molecule has 0 atom stereocenters. The minimum Gasteiger partial charge on any atom is -0.481 e. The number of ether oxygens (including phenoxy) is 1. The Morgan fingerprint density at radius 3 is 1.44 bits per heavy atom. The van der Waals surface area contributed by atoms with Crippen molar-refractivity contribution >= 4 is 66.0 Å². The Kier molecular flexibility index (Phi) is 16.5. The third-order valence-corrected chi connectivity index (χ3v) is 4.07. The van der Waals surface area contributed by atoms with E-state index in [-0.39, 0.29) is 37.3 Å². The number of nitrogens with zero attached hydrogens (tertiary/aromatic N) is 2. The van der Waals surface area contributed by atoms with Gasteiger partial charge in [-0.15, -0.1) is 0 Å². The van der Waals surface area contributed by atoms with Gasteiger partial charge in [0.05, 0.1) is 31.1 Å². The Labute approximate surface area is 239 Å². The number of alkyl halides is 6. The summed E-state index contributed by atoms with van der Waals surface area (Å²) in [5.41, 5.74) is -1.83. The first kappa shape index (κ1) is 37.5. The van der Waals surface area contributed by atoms with Crippen molar-refractivity contribution in [3.05, 3.63) is 47.8 Å². The SMILES string of the molecule is COC(=O)CCC(=O)Nc1ccc(C(F)(F)F)cn1.O=C(O)CCC(=O)Nc1ccc(C(F)(F)F)cn1.O=S(Cl)Cl. The number of nitrogens with one attached hydrogen (secondary N) is 2. The lowest BCUT2D eigenvalue weighted by molar-refractivity contribution is -0.142. The lowest BCUT2D eigenvalue weighted by Crippen LogP contribution is -2.15. The molecule has 2 heterocycles. The van der Waals surface area contributed by atoms with E-state index in [4.69, 9.17) is 9.32 Å². The van der Waals surface area contributed by atoms with Crippen LogP contribution in [0.4, 0.5) is 38.0 Å². The van der Waals surface area contributed by atoms with E-state index in [9.17, 15) is 45.5 Å². The van der Waals surface area contributed by atoms with Crippen molar-refractivity contribution in [2.75, 3.05) is 17.7 Å². The lowest BCUT2D eigenvalue weighted by atomic mass is 10.2. The van der Waals surface area contributed by atoms with Gasteiger partial charge in [-0.25, -0.2) is 14.2 Å². The molecule has 0 aromatic carbocycles. The van der Waals surface area contributed by atoms with Gasteiger partial charge in [0.15, 0.2) is 0 Å². The molecule has 3 N–H and O–H groups in total. The Morgan fingerprint density at radius 1 is 0.805 bits per heavy atom. The van der Waals surface area contributed by atoms with E-state index in [2.05, 4.69) is 46.7 Å². The number of carbonyl (C=O) groups excluding carboxylic acids is 3. The number of pyridine rings is 2. The Hall–Kier alpha value is -3.51. The predicted molar refractivity (Wildman–Crippen MR) is 134 cm³/mol. The van der Waals surface area contributed by atoms with Crippen molar-refractivity contribution in [1.29, 1.82) is 0 Å². The minimum atomic E-state index is -4.49. The average molecular weight is 657 g/mol. The zero-order valence-corrected chi connectivity index (χ0v) is 22.8. The summed E-state index contributed by atoms with van der Waals surface area (Å²) in [6, 6.07) is 3.63. The van der Waals surface area contributed by atoms with Gasteiger partial charge in [0.2, 0.25) is 21.0 Å². The molecule has 0 bridgehead atoms. The highest BCUT2D eigenvalue weighted by molar-refractivity contribution is 8.26. The van der Waals surface area contributed by atoms with E-state index in [0.717, 1.165) is 24.3 Å². The Bertz CT molecular complexity index is 1180. The number of aromatic nitrogens is 2. The van der Waals surface area contributed by atoms with Crippen LogP contribution in [0.2, 0.25) is 0 Å². The molecule has 0 spiro atoms. The maximum Gasteiger partial charge on any atom is 0.417 e. The Balaban J connectivity index is 0.000000691. The fraction of sp³-hybridized carbons (Fsp3) is 0.333. The van der Waals surface area contributed by atoms with E-state index < -0.39 is 56.5 Å². The topological polar surface area (TPSA) is 165 Å². The highest BCUT2D eigenvalue weighted by atomic mass is 36.0. The average Bonchev–Trinajstić information content (AvgIpc) is 2.85. The maximum absolute atomic E-state index is 12.3. The normalized spacial score (nSPS) is 10.8. The van der Waals surface area contributed by atoms with Crippen LogP contribution in [-0.2, 0) is 45.5 Å². The quantitative estimate of drug-likeness (QED) is 0.203. The number of esters is 1. The molecule has 2 aromatic rings. The number of amides is 2. The standard InChI is InChI=1S/C11H11F3N2O3.C10H9F3N2O3.Cl2OS/c1-19-10(18)5-4-9(17)16-8-3-2-7(6-15-8)11(12,13)14;11-10(12,13)6-1-2-7(14-5-6)15-8(16)3-4-9(17)18;1-4(2)3/h2-3,6H,4-5H2,1H3,(H,15,16,17);1-2,5H,3-4H2,(H,17,18)(H,14,15,16);. The fourth-order valence-corrected chi connectivity index (χ4v) is 2.22. The Morgan fingerprint density at radius 2 is 1.17 bits per heavy atom. The lowest BCUT2D eigenvalue weighted by Gasteiger charge is -2.07. The van der Waals surface area contributed by atoms with Crippen LogP contribution in [0.5, 0.6) is 0 Å². The second-order valence-electron chi connectivity index (χ2n) is 7.11. The molecule has 0 radical (unpaired) electrons. The van der Waals surface area contributed by atoms with E-state index in [1.54, 1.807) is 0 Å². The number of methoxy groups -OCH3 is 1. The molecule has 0 aliphatic carbocycles. The van der Waals surface area contributed by atoms with Crippen molar-refractivity contribution in [2.24, 2.45) is 0 Å². The molecule has 0 aliphatic rings. The van der Waals surface area contributed by atoms with Crippen LogP contribution in [0, 0.1) is 0 Å². The molecule has 0 saturated carbocycles. The second kappa shape index (κ2) is 18.0. The van der Waals surface area contributed by atoms with Crippen LogP contribution in [0.25, 0.3) is 0 Å². The summed E-state index contributed by atoms with van der Waals surface area (Å²) < 4.78 is 86.8. The van der Waals surface area contributed by atoms with Gasteiger partial charge in [-0.2, -0.15) is 26.3 Å². The third-order valence-electron chi connectivity index (χ3n) is 4.07. The van der Waals surface area contributed by atoms with Gasteiger partial charge < -0.3 is 20.5 Å². The number of carboxylic acid groups (broad SMARTS) is 1. The van der Waals surface area contributed by atoms with E-state index in [1.165, 1.54) is 7.11 Å². The summed E-state index contributed by atoms with van der Waals surface area (Å²) in [5.74, 6) is -2.90. The van der Waals surface area contributed by atoms with Crippen molar-refractivity contribution in [1.82, 2.24) is 9.97 Å². The van der Waals surface area contributed by atoms with Crippen LogP contribution >= 0.6 is 21.4 Å². The van der Waals surface area contributed by atoms with Gasteiger partial charge in [0, 0.05) is 46.6 Å². The van der Waals surface area contributed by atoms with Crippen LogP contribution in [0.15, 0.2) is 36.7 Å². The number of hydrogen-bond acceptors (Lipinski definition) is 8. The molecular formula is C21H20Cl2F6N4O7S. The smallest absolute Gasteiger partial charge is 0.417 e. The zero-order chi connectivity index (χ0) is 31.8. The molecule has 0 unspecified atom stereocenters. The molecule has 0 saturated heterocycles. The number of halogens is 8. The monoisotopic (exact) mass is 656 g/mol. The molecular weight excluding hydrogens is 637 g/mol. The highest BCUT2D eigenvalue weighted by Crippen LogP contribution is 2.29. The molecule has 2 amide bonds. The largest absolute Gasteiger partial charge is 0.481 e. The summed E-state index contributed by atoms with van der Waals surface area (Å²) in [6.45, 7) is 0. The highest BCUT2D eigenvalue weighted by Gasteiger charge is 2.31. The van der Waals surface area contributed by atoms with Gasteiger partial charge in [-0.05, 0) is 24.3 Å². The summed E-state index contributed by atoms with van der Waals surface area (Å²) in [5, 5.41) is 12.8. The molecule has 0 fully saturated rings. The molecule has 11 nitrogen and oxygen atoms in total. The van der Waals surface area contributed by atoms with Crippen LogP contribution in [0.3, 0.4) is 0 Å². The molecule has 20 heteroatoms. The molecule has 2 rings (SSSR count). The first-order chi connectivity index (χ1) is 18.8. The summed E-state index contributed by atoms with van der Waals surface area (Å²) in [6.07, 6.45) is -8.61. The van der Waals surface area contributed by atoms with Gasteiger partial charge in [-0.1, -0.05) is 0 Å². The summed E-state index contributed by atoms with van der Waals surface area (Å²) in [4.78, 5) is 50.3. The minimum absolute atomic E-state index is 0.0112. The number of hydrogen-bond donors (Lipinski definition) is 3.